The molecule has 2 heterocycles. The lowest BCUT2D eigenvalue weighted by atomic mass is 10.5. The molecule has 2 aromatic rings. The van der Waals surface area contributed by atoms with E-state index in [1.807, 2.05) is 24.0 Å². The first-order chi connectivity index (χ1) is 8.79. The van der Waals surface area contributed by atoms with Gasteiger partial charge in [0.25, 0.3) is 0 Å². The zero-order valence-electron chi connectivity index (χ0n) is 10.3. The molecular formula is C11H16N6S. The van der Waals surface area contributed by atoms with Crippen molar-refractivity contribution in [3.8, 4) is 0 Å². The van der Waals surface area contributed by atoms with Gasteiger partial charge in [0.05, 0.1) is 12.3 Å². The lowest BCUT2D eigenvalue weighted by Crippen LogP contribution is -2.08. The van der Waals surface area contributed by atoms with Crippen LogP contribution in [0.25, 0.3) is 0 Å². The maximum atomic E-state index is 5.70. The summed E-state index contributed by atoms with van der Waals surface area (Å²) < 4.78 is 4.21. The lowest BCUT2D eigenvalue weighted by molar-refractivity contribution is 0.626. The van der Waals surface area contributed by atoms with Crippen LogP contribution in [0.3, 0.4) is 0 Å². The summed E-state index contributed by atoms with van der Waals surface area (Å²) in [5.41, 5.74) is 5.70. The van der Waals surface area contributed by atoms with Crippen LogP contribution in [-0.2, 0) is 19.3 Å². The van der Waals surface area contributed by atoms with Crippen molar-refractivity contribution < 1.29 is 0 Å². The Balaban J connectivity index is 1.76. The number of rotatable bonds is 5. The molecule has 7 heteroatoms. The van der Waals surface area contributed by atoms with Crippen molar-refractivity contribution in [2.45, 2.75) is 36.3 Å². The van der Waals surface area contributed by atoms with E-state index in [1.54, 1.807) is 11.8 Å². The van der Waals surface area contributed by atoms with Crippen LogP contribution < -0.4 is 5.73 Å². The summed E-state index contributed by atoms with van der Waals surface area (Å²) in [6, 6.07) is 0.558. The van der Waals surface area contributed by atoms with Gasteiger partial charge in [-0.3, -0.25) is 0 Å². The van der Waals surface area contributed by atoms with Crippen molar-refractivity contribution in [2.75, 3.05) is 0 Å². The van der Waals surface area contributed by atoms with Crippen molar-refractivity contribution in [2.24, 2.45) is 12.8 Å². The molecule has 0 radical (unpaired) electrons. The number of hydrogen-bond acceptors (Lipinski definition) is 5. The van der Waals surface area contributed by atoms with E-state index in [0.29, 0.717) is 12.6 Å². The summed E-state index contributed by atoms with van der Waals surface area (Å²) in [5.74, 6) is 2.73. The Bertz CT molecular complexity index is 541. The second kappa shape index (κ2) is 4.74. The molecule has 6 nitrogen and oxygen atoms in total. The maximum absolute atomic E-state index is 5.70. The molecule has 0 aromatic carbocycles. The second-order valence-electron chi connectivity index (χ2n) is 4.45. The minimum absolute atomic E-state index is 0.451. The highest BCUT2D eigenvalue weighted by molar-refractivity contribution is 7.98. The molecule has 1 fully saturated rings. The number of thioether (sulfide) groups is 1. The predicted molar refractivity (Wildman–Crippen MR) is 69.0 cm³/mol. The Hall–Kier alpha value is -1.34. The molecule has 0 saturated heterocycles. The summed E-state index contributed by atoms with van der Waals surface area (Å²) in [6.45, 7) is 0.451. The van der Waals surface area contributed by atoms with Crippen LogP contribution in [-0.4, -0.2) is 24.3 Å². The molecular weight excluding hydrogens is 248 g/mol. The van der Waals surface area contributed by atoms with E-state index in [9.17, 15) is 0 Å². The zero-order valence-corrected chi connectivity index (χ0v) is 11.1. The summed E-state index contributed by atoms with van der Waals surface area (Å²) in [6.07, 6.45) is 6.18. The van der Waals surface area contributed by atoms with Crippen molar-refractivity contribution in [1.29, 1.82) is 0 Å². The van der Waals surface area contributed by atoms with Crippen molar-refractivity contribution in [1.82, 2.24) is 24.3 Å². The molecule has 1 saturated carbocycles. The minimum Gasteiger partial charge on any atom is -0.337 e. The van der Waals surface area contributed by atoms with E-state index in [1.165, 1.54) is 12.8 Å². The summed E-state index contributed by atoms with van der Waals surface area (Å²) >= 11 is 1.67. The minimum atomic E-state index is 0.451. The van der Waals surface area contributed by atoms with Gasteiger partial charge in [0, 0.05) is 25.5 Å². The molecule has 0 atom stereocenters. The molecule has 0 spiro atoms. The molecule has 1 aliphatic carbocycles. The number of imidazole rings is 1. The van der Waals surface area contributed by atoms with Crippen molar-refractivity contribution in [3.05, 3.63) is 24.0 Å². The molecule has 0 aliphatic heterocycles. The molecule has 96 valence electrons. The topological polar surface area (TPSA) is 74.6 Å². The molecule has 0 amide bonds. The first kappa shape index (κ1) is 11.7. The van der Waals surface area contributed by atoms with Gasteiger partial charge in [-0.25, -0.2) is 4.98 Å². The third-order valence-corrected chi connectivity index (χ3v) is 4.02. The van der Waals surface area contributed by atoms with Gasteiger partial charge in [0.15, 0.2) is 5.16 Å². The van der Waals surface area contributed by atoms with Crippen LogP contribution in [0.5, 0.6) is 0 Å². The Morgan fingerprint density at radius 3 is 2.83 bits per heavy atom. The number of aromatic nitrogens is 5. The quantitative estimate of drug-likeness (QED) is 0.818. The summed E-state index contributed by atoms with van der Waals surface area (Å²) in [4.78, 5) is 4.31. The van der Waals surface area contributed by atoms with Crippen LogP contribution in [0, 0.1) is 0 Å². The molecule has 1 aliphatic rings. The second-order valence-corrected chi connectivity index (χ2v) is 5.39. The van der Waals surface area contributed by atoms with Gasteiger partial charge in [-0.05, 0) is 12.8 Å². The van der Waals surface area contributed by atoms with Crippen molar-refractivity contribution >= 4 is 11.8 Å². The van der Waals surface area contributed by atoms with Gasteiger partial charge in [-0.15, -0.1) is 10.2 Å². The average Bonchev–Trinajstić information content (AvgIpc) is 3.00. The third kappa shape index (κ3) is 2.15. The molecule has 0 unspecified atom stereocenters. The van der Waals surface area contributed by atoms with E-state index in [2.05, 4.69) is 19.7 Å². The first-order valence-electron chi connectivity index (χ1n) is 6.02. The zero-order chi connectivity index (χ0) is 12.5. The third-order valence-electron chi connectivity index (χ3n) is 3.08. The highest BCUT2D eigenvalue weighted by Crippen LogP contribution is 2.39. The van der Waals surface area contributed by atoms with Crippen LogP contribution in [0.4, 0.5) is 0 Å². The highest BCUT2D eigenvalue weighted by atomic mass is 32.2. The van der Waals surface area contributed by atoms with Crippen LogP contribution >= 0.6 is 11.8 Å². The fourth-order valence-electron chi connectivity index (χ4n) is 1.91. The number of nitrogens with zero attached hydrogens (tertiary/aromatic N) is 5. The number of nitrogens with two attached hydrogens (primary N) is 1. The Labute approximate surface area is 110 Å². The monoisotopic (exact) mass is 264 g/mol. The van der Waals surface area contributed by atoms with Gasteiger partial charge in [-0.1, -0.05) is 11.8 Å². The Morgan fingerprint density at radius 2 is 2.22 bits per heavy atom. The average molecular weight is 264 g/mol. The fraction of sp³-hybridized carbons (Fsp3) is 0.545. The van der Waals surface area contributed by atoms with Crippen LogP contribution in [0.1, 0.15) is 30.5 Å². The van der Waals surface area contributed by atoms with Gasteiger partial charge >= 0.3 is 0 Å². The highest BCUT2D eigenvalue weighted by Gasteiger charge is 2.29. The fourth-order valence-corrected chi connectivity index (χ4v) is 2.94. The SMILES string of the molecule is Cn1ccnc1CSc1nnc(CN)n1C1CC1. The standard InChI is InChI=1S/C11H16N6S/c1-16-5-4-13-10(16)7-18-11-15-14-9(6-12)17(11)8-2-3-8/h4-5,8H,2-3,6-7,12H2,1H3. The summed E-state index contributed by atoms with van der Waals surface area (Å²) in [5, 5.41) is 9.35. The van der Waals surface area contributed by atoms with Gasteiger partial charge in [-0.2, -0.15) is 0 Å². The molecule has 2 aromatic heterocycles. The van der Waals surface area contributed by atoms with E-state index in [4.69, 9.17) is 5.73 Å². The van der Waals surface area contributed by atoms with Crippen LogP contribution in [0.15, 0.2) is 17.6 Å². The Morgan fingerprint density at radius 1 is 1.39 bits per heavy atom. The number of hydrogen-bond donors (Lipinski definition) is 1. The Kier molecular flexibility index (Phi) is 3.09. The molecule has 2 N–H and O–H groups in total. The van der Waals surface area contributed by atoms with Crippen LogP contribution in [0.2, 0.25) is 0 Å². The van der Waals surface area contributed by atoms with E-state index >= 15 is 0 Å². The summed E-state index contributed by atoms with van der Waals surface area (Å²) in [7, 11) is 2.00. The molecule has 0 bridgehead atoms. The molecule has 3 rings (SSSR count). The number of aryl methyl sites for hydroxylation is 1. The molecule has 18 heavy (non-hydrogen) atoms. The van der Waals surface area contributed by atoms with Gasteiger partial charge in [0.1, 0.15) is 11.6 Å². The van der Waals surface area contributed by atoms with E-state index in [0.717, 1.165) is 22.6 Å². The van der Waals surface area contributed by atoms with E-state index in [-0.39, 0.29) is 0 Å². The predicted octanol–water partition coefficient (Wildman–Crippen LogP) is 1.10. The van der Waals surface area contributed by atoms with E-state index < -0.39 is 0 Å². The van der Waals surface area contributed by atoms with Gasteiger partial charge < -0.3 is 14.9 Å². The smallest absolute Gasteiger partial charge is 0.191 e. The first-order valence-corrected chi connectivity index (χ1v) is 7.01. The maximum Gasteiger partial charge on any atom is 0.191 e. The lowest BCUT2D eigenvalue weighted by Gasteiger charge is -2.07. The van der Waals surface area contributed by atoms with Crippen molar-refractivity contribution in [3.63, 3.8) is 0 Å². The largest absolute Gasteiger partial charge is 0.337 e. The van der Waals surface area contributed by atoms with Gasteiger partial charge in [0.2, 0.25) is 0 Å². The normalized spacial score (nSPS) is 15.2.